The molecule has 0 saturated heterocycles. The molecule has 0 heterocycles. The van der Waals surface area contributed by atoms with Crippen LogP contribution in [0.4, 0.5) is 0 Å². The molecule has 0 N–H and O–H groups in total. The highest BCUT2D eigenvalue weighted by molar-refractivity contribution is 5.99. The van der Waals surface area contributed by atoms with E-state index in [0.29, 0.717) is 0 Å². The summed E-state index contributed by atoms with van der Waals surface area (Å²) in [4.78, 5) is 0. The zero-order chi connectivity index (χ0) is 17.8. The molecule has 0 fully saturated rings. The van der Waals surface area contributed by atoms with Gasteiger partial charge in [0.1, 0.15) is 11.5 Å². The minimum Gasteiger partial charge on any atom is -0.497 e. The molecule has 3 rings (SSSR count). The summed E-state index contributed by atoms with van der Waals surface area (Å²) >= 11 is 0. The van der Waals surface area contributed by atoms with E-state index in [2.05, 4.69) is 49.7 Å². The van der Waals surface area contributed by atoms with E-state index >= 15 is 0 Å². The number of hydrogen-bond acceptors (Lipinski definition) is 3. The summed E-state index contributed by atoms with van der Waals surface area (Å²) in [6.07, 6.45) is 2.86. The SMILES string of the molecule is COC1=C(OC)C(c2ccc(OC)cc2)=C(c2ccc(C)cc2)C[CH]1. The van der Waals surface area contributed by atoms with Crippen molar-refractivity contribution >= 4 is 11.1 Å². The standard InChI is InChI=1S/C22H23O3/c1-15-5-7-16(8-6-15)19-13-14-20(24-3)22(25-4)21(19)17-9-11-18(23-2)12-10-17/h5-12,14H,13H2,1-4H3. The summed E-state index contributed by atoms with van der Waals surface area (Å²) < 4.78 is 16.5. The third-order valence-electron chi connectivity index (χ3n) is 4.45. The Morgan fingerprint density at radius 3 is 1.92 bits per heavy atom. The van der Waals surface area contributed by atoms with Gasteiger partial charge in [-0.2, -0.15) is 0 Å². The smallest absolute Gasteiger partial charge is 0.164 e. The fourth-order valence-electron chi connectivity index (χ4n) is 3.11. The van der Waals surface area contributed by atoms with E-state index < -0.39 is 0 Å². The van der Waals surface area contributed by atoms with Crippen molar-refractivity contribution < 1.29 is 14.2 Å². The van der Waals surface area contributed by atoms with Gasteiger partial charge in [-0.25, -0.2) is 0 Å². The van der Waals surface area contributed by atoms with Crippen molar-refractivity contribution in [2.45, 2.75) is 13.3 Å². The Hall–Kier alpha value is -2.68. The normalized spacial score (nSPS) is 14.6. The Bertz CT molecular complexity index is 796. The van der Waals surface area contributed by atoms with Gasteiger partial charge in [-0.3, -0.25) is 0 Å². The first-order valence-electron chi connectivity index (χ1n) is 8.28. The minimum atomic E-state index is 0.759. The Balaban J connectivity index is 2.20. The summed E-state index contributed by atoms with van der Waals surface area (Å²) in [5.74, 6) is 2.36. The zero-order valence-corrected chi connectivity index (χ0v) is 15.1. The van der Waals surface area contributed by atoms with E-state index in [0.717, 1.165) is 34.8 Å². The first-order chi connectivity index (χ1) is 12.2. The summed E-state index contributed by atoms with van der Waals surface area (Å²) in [7, 11) is 5.03. The monoisotopic (exact) mass is 335 g/mol. The lowest BCUT2D eigenvalue weighted by Crippen LogP contribution is -2.09. The summed E-state index contributed by atoms with van der Waals surface area (Å²) in [6.45, 7) is 2.10. The third-order valence-corrected chi connectivity index (χ3v) is 4.45. The number of aryl methyl sites for hydroxylation is 1. The van der Waals surface area contributed by atoms with Crippen LogP contribution < -0.4 is 4.74 Å². The lowest BCUT2D eigenvalue weighted by atomic mass is 9.85. The molecule has 0 atom stereocenters. The quantitative estimate of drug-likeness (QED) is 0.767. The van der Waals surface area contributed by atoms with Gasteiger partial charge in [-0.1, -0.05) is 42.0 Å². The molecule has 0 saturated carbocycles. The highest BCUT2D eigenvalue weighted by atomic mass is 16.5. The Kier molecular flexibility index (Phi) is 5.13. The van der Waals surface area contributed by atoms with E-state index in [1.54, 1.807) is 21.3 Å². The van der Waals surface area contributed by atoms with Crippen molar-refractivity contribution in [1.29, 1.82) is 0 Å². The second kappa shape index (κ2) is 7.47. The van der Waals surface area contributed by atoms with Gasteiger partial charge in [0.2, 0.25) is 0 Å². The van der Waals surface area contributed by atoms with Gasteiger partial charge in [0.25, 0.3) is 0 Å². The van der Waals surface area contributed by atoms with Crippen LogP contribution in [0.2, 0.25) is 0 Å². The highest BCUT2D eigenvalue weighted by Gasteiger charge is 2.26. The molecule has 1 radical (unpaired) electrons. The van der Waals surface area contributed by atoms with Gasteiger partial charge >= 0.3 is 0 Å². The van der Waals surface area contributed by atoms with E-state index in [1.165, 1.54) is 16.7 Å². The molecule has 0 aliphatic heterocycles. The number of allylic oxidation sites excluding steroid dienone is 3. The predicted octanol–water partition coefficient (Wildman–Crippen LogP) is 5.03. The van der Waals surface area contributed by atoms with Crippen molar-refractivity contribution in [1.82, 2.24) is 0 Å². The second-order valence-electron chi connectivity index (χ2n) is 5.96. The van der Waals surface area contributed by atoms with Gasteiger partial charge in [-0.15, -0.1) is 0 Å². The lowest BCUT2D eigenvalue weighted by Gasteiger charge is -2.25. The minimum absolute atomic E-state index is 0.759. The maximum absolute atomic E-state index is 5.73. The van der Waals surface area contributed by atoms with Crippen molar-refractivity contribution in [3.05, 3.63) is 83.2 Å². The molecule has 25 heavy (non-hydrogen) atoms. The first kappa shape index (κ1) is 17.2. The Morgan fingerprint density at radius 1 is 0.720 bits per heavy atom. The van der Waals surface area contributed by atoms with Crippen molar-refractivity contribution in [3.8, 4) is 5.75 Å². The average molecular weight is 335 g/mol. The van der Waals surface area contributed by atoms with Crippen molar-refractivity contribution in [2.24, 2.45) is 0 Å². The molecule has 1 aliphatic rings. The van der Waals surface area contributed by atoms with Crippen molar-refractivity contribution in [3.63, 3.8) is 0 Å². The molecule has 3 heteroatoms. The molecule has 0 amide bonds. The van der Waals surface area contributed by atoms with E-state index in [9.17, 15) is 0 Å². The fourth-order valence-corrected chi connectivity index (χ4v) is 3.11. The number of methoxy groups -OCH3 is 3. The topological polar surface area (TPSA) is 27.7 Å². The molecule has 2 aromatic rings. The van der Waals surface area contributed by atoms with E-state index in [1.807, 2.05) is 12.1 Å². The maximum Gasteiger partial charge on any atom is 0.164 e. The summed E-state index contributed by atoms with van der Waals surface area (Å²) in [5.41, 5.74) is 5.81. The van der Waals surface area contributed by atoms with Crippen molar-refractivity contribution in [2.75, 3.05) is 21.3 Å². The first-order valence-corrected chi connectivity index (χ1v) is 8.28. The van der Waals surface area contributed by atoms with Gasteiger partial charge in [0.05, 0.1) is 21.3 Å². The summed E-state index contributed by atoms with van der Waals surface area (Å²) in [5, 5.41) is 0. The number of benzene rings is 2. The van der Waals surface area contributed by atoms with Crippen LogP contribution in [-0.4, -0.2) is 21.3 Å². The number of ether oxygens (including phenoxy) is 3. The molecular formula is C22H23O3. The van der Waals surface area contributed by atoms with Crippen LogP contribution in [0.15, 0.2) is 60.0 Å². The molecule has 0 spiro atoms. The molecule has 0 aromatic heterocycles. The number of hydrogen-bond donors (Lipinski definition) is 0. The lowest BCUT2D eigenvalue weighted by molar-refractivity contribution is 0.237. The molecule has 1 aliphatic carbocycles. The fraction of sp³-hybridized carbons (Fsp3) is 0.227. The van der Waals surface area contributed by atoms with Crippen LogP contribution in [0.25, 0.3) is 11.1 Å². The molecular weight excluding hydrogens is 312 g/mol. The Morgan fingerprint density at radius 2 is 1.36 bits per heavy atom. The molecule has 2 aromatic carbocycles. The van der Waals surface area contributed by atoms with Crippen LogP contribution >= 0.6 is 0 Å². The van der Waals surface area contributed by atoms with Gasteiger partial charge < -0.3 is 14.2 Å². The number of rotatable bonds is 5. The molecule has 3 nitrogen and oxygen atoms in total. The van der Waals surface area contributed by atoms with Crippen LogP contribution in [0.3, 0.4) is 0 Å². The van der Waals surface area contributed by atoms with Gasteiger partial charge in [0.15, 0.2) is 5.76 Å². The Labute approximate surface area is 149 Å². The van der Waals surface area contributed by atoms with Gasteiger partial charge in [-0.05, 0) is 42.2 Å². The molecule has 129 valence electrons. The van der Waals surface area contributed by atoms with Crippen LogP contribution in [0.5, 0.6) is 5.75 Å². The highest BCUT2D eigenvalue weighted by Crippen LogP contribution is 2.42. The largest absolute Gasteiger partial charge is 0.497 e. The van der Waals surface area contributed by atoms with E-state index in [4.69, 9.17) is 14.2 Å². The van der Waals surface area contributed by atoms with Crippen LogP contribution in [0.1, 0.15) is 23.1 Å². The molecule has 0 bridgehead atoms. The molecule has 0 unspecified atom stereocenters. The summed E-state index contributed by atoms with van der Waals surface area (Å²) in [6, 6.07) is 16.6. The maximum atomic E-state index is 5.73. The zero-order valence-electron chi connectivity index (χ0n) is 15.1. The predicted molar refractivity (Wildman–Crippen MR) is 101 cm³/mol. The average Bonchev–Trinajstić information content (AvgIpc) is 2.67. The van der Waals surface area contributed by atoms with Crippen LogP contribution in [-0.2, 0) is 9.47 Å². The second-order valence-corrected chi connectivity index (χ2v) is 5.96. The van der Waals surface area contributed by atoms with Gasteiger partial charge in [0, 0.05) is 12.0 Å². The van der Waals surface area contributed by atoms with E-state index in [-0.39, 0.29) is 0 Å². The third kappa shape index (κ3) is 3.41. The van der Waals surface area contributed by atoms with Crippen LogP contribution in [0, 0.1) is 13.3 Å².